The number of epoxide rings is 1. The number of ether oxygens (including phenoxy) is 5. The fourth-order valence-electron chi connectivity index (χ4n) is 1.08. The minimum atomic E-state index is -0.547. The second kappa shape index (κ2) is 27.5. The van der Waals surface area contributed by atoms with Crippen LogP contribution in [0.3, 0.4) is 0 Å². The second-order valence-electron chi connectivity index (χ2n) is 5.75. The summed E-state index contributed by atoms with van der Waals surface area (Å²) in [6.07, 6.45) is 3.67. The topological polar surface area (TPSA) is 101 Å². The Morgan fingerprint density at radius 2 is 1.24 bits per heavy atom. The molecule has 8 nitrogen and oxygen atoms in total. The third kappa shape index (κ3) is 37.1. The van der Waals surface area contributed by atoms with Gasteiger partial charge in [0.2, 0.25) is 0 Å². The SMILES string of the molecule is C=C(C)C(=O)OCC.C=C(Cl)C(=O)OCC.C=CC(=O)OCC.C=COCC.CC1OC1C. The van der Waals surface area contributed by atoms with Gasteiger partial charge >= 0.3 is 17.9 Å². The summed E-state index contributed by atoms with van der Waals surface area (Å²) in [6.45, 7) is 27.9. The van der Waals surface area contributed by atoms with Crippen LogP contribution in [-0.2, 0) is 38.1 Å². The van der Waals surface area contributed by atoms with E-state index in [-0.39, 0.29) is 17.0 Å². The molecule has 0 aromatic carbocycles. The molecule has 2 atom stereocenters. The standard InChI is InChI=1S/C6H10O2.C5H7ClO2.C5H8O2.2C4H8O/c1-4-8-6(7)5(2)3;1-3-8-5(7)4(2)6;1-3-5(6)7-4-2;1-3-4(2)5-3;1-3-5-4-2/h2,4H2,1,3H3;2-3H2,1H3;3H,1,4H2,2H3;3-4H,1-2H3;3H,1,4H2,2H3. The summed E-state index contributed by atoms with van der Waals surface area (Å²) >= 11 is 5.14. The molecule has 33 heavy (non-hydrogen) atoms. The van der Waals surface area contributed by atoms with Crippen LogP contribution in [0.15, 0.2) is 49.3 Å². The van der Waals surface area contributed by atoms with Crippen molar-refractivity contribution in [2.45, 2.75) is 60.7 Å². The average molecular weight is 493 g/mol. The van der Waals surface area contributed by atoms with E-state index in [1.165, 1.54) is 6.26 Å². The molecule has 1 aliphatic heterocycles. The Balaban J connectivity index is -0.000000161. The molecule has 1 rings (SSSR count). The van der Waals surface area contributed by atoms with Crippen LogP contribution in [0.1, 0.15) is 48.5 Å². The Kier molecular flexibility index (Phi) is 31.4. The van der Waals surface area contributed by atoms with E-state index < -0.39 is 5.97 Å². The average Bonchev–Trinajstić information content (AvgIpc) is 3.42. The number of carbonyl (C=O) groups excluding carboxylic acids is 3. The van der Waals surface area contributed by atoms with Gasteiger partial charge < -0.3 is 23.7 Å². The number of hydrogen-bond acceptors (Lipinski definition) is 8. The molecule has 0 spiro atoms. The second-order valence-corrected chi connectivity index (χ2v) is 6.21. The minimum Gasteiger partial charge on any atom is -0.502 e. The fourth-order valence-corrected chi connectivity index (χ4v) is 1.13. The lowest BCUT2D eigenvalue weighted by Gasteiger charge is -1.96. The smallest absolute Gasteiger partial charge is 0.349 e. The molecule has 9 heteroatoms. The van der Waals surface area contributed by atoms with Crippen molar-refractivity contribution in [3.63, 3.8) is 0 Å². The van der Waals surface area contributed by atoms with Crippen molar-refractivity contribution in [1.82, 2.24) is 0 Å². The zero-order valence-electron chi connectivity index (χ0n) is 21.1. The summed E-state index contributed by atoms with van der Waals surface area (Å²) in [5.74, 6) is -1.22. The quantitative estimate of drug-likeness (QED) is 0.151. The van der Waals surface area contributed by atoms with Gasteiger partial charge in [-0.2, -0.15) is 0 Å². The monoisotopic (exact) mass is 492 g/mol. The van der Waals surface area contributed by atoms with Crippen molar-refractivity contribution in [3.8, 4) is 0 Å². The summed E-state index contributed by atoms with van der Waals surface area (Å²) in [6, 6.07) is 0. The van der Waals surface area contributed by atoms with Gasteiger partial charge in [0.25, 0.3) is 0 Å². The Hall–Kier alpha value is -2.58. The van der Waals surface area contributed by atoms with Gasteiger partial charge in [-0.15, -0.1) is 0 Å². The molecular formula is C24H41ClO8. The molecule has 0 amide bonds. The summed E-state index contributed by atoms with van der Waals surface area (Å²) in [5, 5.41) is -0.0770. The third-order valence-electron chi connectivity index (χ3n) is 2.87. The van der Waals surface area contributed by atoms with Gasteiger partial charge in [-0.1, -0.05) is 37.9 Å². The molecule has 0 aliphatic carbocycles. The lowest BCUT2D eigenvalue weighted by atomic mass is 10.4. The van der Waals surface area contributed by atoms with E-state index in [0.717, 1.165) is 12.7 Å². The summed E-state index contributed by atoms with van der Waals surface area (Å²) in [7, 11) is 0. The molecule has 0 aromatic rings. The predicted octanol–water partition coefficient (Wildman–Crippen LogP) is 5.12. The molecule has 192 valence electrons. The largest absolute Gasteiger partial charge is 0.502 e. The van der Waals surface area contributed by atoms with E-state index in [1.54, 1.807) is 27.7 Å². The number of carbonyl (C=O) groups is 3. The van der Waals surface area contributed by atoms with E-state index in [4.69, 9.17) is 16.3 Å². The molecular weight excluding hydrogens is 452 g/mol. The van der Waals surface area contributed by atoms with Crippen LogP contribution < -0.4 is 0 Å². The fraction of sp³-hybridized carbons (Fsp3) is 0.542. The van der Waals surface area contributed by atoms with Gasteiger partial charge in [-0.25, -0.2) is 14.4 Å². The molecule has 0 bridgehead atoms. The van der Waals surface area contributed by atoms with Crippen LogP contribution in [-0.4, -0.2) is 56.5 Å². The normalized spacial score (nSPS) is 14.1. The number of esters is 3. The molecule has 1 fully saturated rings. The van der Waals surface area contributed by atoms with Crippen molar-refractivity contribution < 1.29 is 38.1 Å². The first kappa shape index (κ1) is 37.7. The van der Waals surface area contributed by atoms with Crippen molar-refractivity contribution in [3.05, 3.63) is 49.3 Å². The van der Waals surface area contributed by atoms with Gasteiger partial charge in [-0.3, -0.25) is 0 Å². The molecule has 1 heterocycles. The van der Waals surface area contributed by atoms with Crippen LogP contribution in [0, 0.1) is 0 Å². The predicted molar refractivity (Wildman–Crippen MR) is 132 cm³/mol. The van der Waals surface area contributed by atoms with Crippen molar-refractivity contribution in [2.24, 2.45) is 0 Å². The van der Waals surface area contributed by atoms with Crippen LogP contribution in [0.5, 0.6) is 0 Å². The van der Waals surface area contributed by atoms with E-state index in [2.05, 4.69) is 59.1 Å². The van der Waals surface area contributed by atoms with Crippen LogP contribution in [0.25, 0.3) is 0 Å². The minimum absolute atomic E-state index is 0.0770. The third-order valence-corrected chi connectivity index (χ3v) is 3.03. The summed E-state index contributed by atoms with van der Waals surface area (Å²) < 4.78 is 22.9. The summed E-state index contributed by atoms with van der Waals surface area (Å²) in [4.78, 5) is 30.8. The Labute approximate surface area is 204 Å². The van der Waals surface area contributed by atoms with E-state index in [9.17, 15) is 14.4 Å². The van der Waals surface area contributed by atoms with Crippen LogP contribution >= 0.6 is 11.6 Å². The first-order chi connectivity index (χ1) is 15.4. The molecule has 1 saturated heterocycles. The molecule has 1 aliphatic rings. The maximum atomic E-state index is 10.4. The molecule has 0 aromatic heterocycles. The molecule has 0 saturated carbocycles. The van der Waals surface area contributed by atoms with Gasteiger partial charge in [-0.05, 0) is 48.5 Å². The van der Waals surface area contributed by atoms with Gasteiger partial charge in [0.15, 0.2) is 0 Å². The van der Waals surface area contributed by atoms with Crippen LogP contribution in [0.4, 0.5) is 0 Å². The van der Waals surface area contributed by atoms with E-state index >= 15 is 0 Å². The Morgan fingerprint density at radius 3 is 1.33 bits per heavy atom. The maximum absolute atomic E-state index is 10.4. The highest BCUT2D eigenvalue weighted by Gasteiger charge is 2.27. The van der Waals surface area contributed by atoms with Crippen LogP contribution in [0.2, 0.25) is 0 Å². The maximum Gasteiger partial charge on any atom is 0.349 e. The van der Waals surface area contributed by atoms with Gasteiger partial charge in [0.05, 0.1) is 44.9 Å². The highest BCUT2D eigenvalue weighted by atomic mass is 35.5. The first-order valence-corrected chi connectivity index (χ1v) is 10.8. The Morgan fingerprint density at radius 1 is 0.848 bits per heavy atom. The number of halogens is 1. The van der Waals surface area contributed by atoms with E-state index in [1.807, 2.05) is 6.92 Å². The Bertz CT molecular complexity index is 553. The van der Waals surface area contributed by atoms with Gasteiger partial charge in [0.1, 0.15) is 5.03 Å². The van der Waals surface area contributed by atoms with Gasteiger partial charge in [0, 0.05) is 11.6 Å². The highest BCUT2D eigenvalue weighted by Crippen LogP contribution is 2.18. The lowest BCUT2D eigenvalue weighted by Crippen LogP contribution is -2.03. The summed E-state index contributed by atoms with van der Waals surface area (Å²) in [5.41, 5.74) is 0.451. The number of hydrogen-bond donors (Lipinski definition) is 0. The molecule has 0 radical (unpaired) electrons. The number of rotatable bonds is 8. The van der Waals surface area contributed by atoms with Crippen molar-refractivity contribution in [2.75, 3.05) is 26.4 Å². The zero-order chi connectivity index (χ0) is 26.8. The van der Waals surface area contributed by atoms with Crippen molar-refractivity contribution in [1.29, 1.82) is 0 Å². The van der Waals surface area contributed by atoms with Crippen molar-refractivity contribution >= 4 is 29.5 Å². The lowest BCUT2D eigenvalue weighted by molar-refractivity contribution is -0.139. The first-order valence-electron chi connectivity index (χ1n) is 10.4. The zero-order valence-corrected chi connectivity index (χ0v) is 21.9. The highest BCUT2D eigenvalue weighted by molar-refractivity contribution is 6.40. The molecule has 0 N–H and O–H groups in total. The molecule has 2 unspecified atom stereocenters. The van der Waals surface area contributed by atoms with E-state index in [0.29, 0.717) is 37.6 Å².